The topological polar surface area (TPSA) is 29.3 Å². The highest BCUT2D eigenvalue weighted by molar-refractivity contribution is 4.98. The summed E-state index contributed by atoms with van der Waals surface area (Å²) in [5.41, 5.74) is 7.51. The zero-order valence-corrected chi connectivity index (χ0v) is 26.2. The van der Waals surface area contributed by atoms with E-state index in [9.17, 15) is 0 Å². The van der Waals surface area contributed by atoms with E-state index in [0.717, 1.165) is 41.8 Å². The molecule has 0 saturated heterocycles. The molecule has 0 bridgehead atoms. The molecule has 5 aliphatic carbocycles. The molecule has 5 rings (SSSR count). The van der Waals surface area contributed by atoms with E-state index in [4.69, 9.17) is 5.73 Å². The van der Waals surface area contributed by atoms with Crippen molar-refractivity contribution in [3.63, 3.8) is 0 Å². The summed E-state index contributed by atoms with van der Waals surface area (Å²) in [6.07, 6.45) is 32.0. The van der Waals surface area contributed by atoms with Gasteiger partial charge in [0.1, 0.15) is 0 Å². The molecule has 0 spiro atoms. The molecule has 5 fully saturated rings. The molecule has 0 unspecified atom stereocenters. The zero-order valence-electron chi connectivity index (χ0n) is 26.2. The highest BCUT2D eigenvalue weighted by Gasteiger charge is 2.45. The number of rotatable bonds is 7. The van der Waals surface area contributed by atoms with Gasteiger partial charge < -0.3 is 5.73 Å². The fraction of sp³-hybridized carbons (Fsp3) is 1.00. The molecule has 0 aromatic rings. The molecule has 2 N–H and O–H groups in total. The maximum atomic E-state index is 6.41. The van der Waals surface area contributed by atoms with Crippen molar-refractivity contribution >= 4 is 0 Å². The average Bonchev–Trinajstić information content (AvgIpc) is 2.96. The molecule has 0 heterocycles. The van der Waals surface area contributed by atoms with Gasteiger partial charge in [0.05, 0.1) is 0 Å². The van der Waals surface area contributed by atoms with Crippen LogP contribution in [-0.4, -0.2) is 29.1 Å². The Morgan fingerprint density at radius 2 is 0.684 bits per heavy atom. The predicted molar refractivity (Wildman–Crippen MR) is 164 cm³/mol. The van der Waals surface area contributed by atoms with Crippen molar-refractivity contribution in [2.45, 2.75) is 193 Å². The average molecular weight is 527 g/mol. The Kier molecular flexibility index (Phi) is 9.94. The van der Waals surface area contributed by atoms with E-state index in [1.165, 1.54) is 141 Å². The first-order valence-corrected chi connectivity index (χ1v) is 17.8. The van der Waals surface area contributed by atoms with E-state index < -0.39 is 0 Å². The Hall–Kier alpha value is -0.0800. The van der Waals surface area contributed by atoms with E-state index in [2.05, 4.69) is 32.6 Å². The molecule has 0 aromatic carbocycles. The second-order valence-corrected chi connectivity index (χ2v) is 16.3. The maximum Gasteiger partial charge on any atom is 0.0102 e. The first-order chi connectivity index (χ1) is 18.3. The zero-order chi connectivity index (χ0) is 26.8. The summed E-state index contributed by atoms with van der Waals surface area (Å²) in [6.45, 7) is 10.6. The van der Waals surface area contributed by atoms with Crippen LogP contribution in [-0.2, 0) is 0 Å². The number of nitrogens with two attached hydrogens (primary N) is 1. The first-order valence-electron chi connectivity index (χ1n) is 17.8. The van der Waals surface area contributed by atoms with E-state index in [1.807, 2.05) is 0 Å². The minimum absolute atomic E-state index is 0.465. The summed E-state index contributed by atoms with van der Waals surface area (Å²) in [5, 5.41) is 0. The minimum atomic E-state index is 0.465. The van der Waals surface area contributed by atoms with Gasteiger partial charge >= 0.3 is 0 Å². The van der Waals surface area contributed by atoms with Crippen molar-refractivity contribution in [2.75, 3.05) is 0 Å². The van der Waals surface area contributed by atoms with Crippen LogP contribution in [0, 0.1) is 34.5 Å². The van der Waals surface area contributed by atoms with Gasteiger partial charge in [0.15, 0.2) is 0 Å². The van der Waals surface area contributed by atoms with Crippen LogP contribution in [0.15, 0.2) is 0 Å². The molecule has 220 valence electrons. The Labute approximate surface area is 238 Å². The molecule has 5 aliphatic rings. The summed E-state index contributed by atoms with van der Waals surface area (Å²) >= 11 is 0. The molecule has 0 radical (unpaired) electrons. The van der Waals surface area contributed by atoms with Gasteiger partial charge in [0.2, 0.25) is 0 Å². The van der Waals surface area contributed by atoms with Crippen molar-refractivity contribution in [3.05, 3.63) is 0 Å². The van der Waals surface area contributed by atoms with Crippen LogP contribution >= 0.6 is 0 Å². The number of hydrogen-bond acceptors (Lipinski definition) is 2. The smallest absolute Gasteiger partial charge is 0.0102 e. The summed E-state index contributed by atoms with van der Waals surface area (Å²) in [4.78, 5) is 3.18. The number of hydrogen-bond donors (Lipinski definition) is 1. The van der Waals surface area contributed by atoms with Gasteiger partial charge in [-0.3, -0.25) is 4.90 Å². The van der Waals surface area contributed by atoms with Crippen LogP contribution < -0.4 is 5.73 Å². The Morgan fingerprint density at radius 1 is 0.395 bits per heavy atom. The molecule has 2 nitrogen and oxygen atoms in total. The fourth-order valence-corrected chi connectivity index (χ4v) is 10.9. The van der Waals surface area contributed by atoms with Crippen molar-refractivity contribution in [3.8, 4) is 0 Å². The van der Waals surface area contributed by atoms with Gasteiger partial charge in [0, 0.05) is 24.2 Å². The van der Waals surface area contributed by atoms with Gasteiger partial charge in [-0.05, 0) is 137 Å². The molecular formula is C36H66N2. The molecule has 0 aromatic heterocycles. The highest BCUT2D eigenvalue weighted by Crippen LogP contribution is 2.51. The van der Waals surface area contributed by atoms with Crippen LogP contribution in [0.2, 0.25) is 0 Å². The fourth-order valence-electron chi connectivity index (χ4n) is 10.9. The van der Waals surface area contributed by atoms with Crippen LogP contribution in [0.3, 0.4) is 0 Å². The van der Waals surface area contributed by atoms with Crippen molar-refractivity contribution < 1.29 is 0 Å². The van der Waals surface area contributed by atoms with Gasteiger partial charge in [-0.1, -0.05) is 66.2 Å². The number of nitrogens with zero attached hydrogens (tertiary/aromatic N) is 1. The first kappa shape index (κ1) is 29.4. The van der Waals surface area contributed by atoms with Crippen molar-refractivity contribution in [1.82, 2.24) is 4.90 Å². The van der Waals surface area contributed by atoms with Crippen molar-refractivity contribution in [1.29, 1.82) is 0 Å². The lowest BCUT2D eigenvalue weighted by Crippen LogP contribution is -2.54. The highest BCUT2D eigenvalue weighted by atomic mass is 15.2. The van der Waals surface area contributed by atoms with E-state index >= 15 is 0 Å². The molecule has 2 heteroatoms. The lowest BCUT2D eigenvalue weighted by atomic mass is 9.60. The molecular weight excluding hydrogens is 460 g/mol. The van der Waals surface area contributed by atoms with E-state index in [1.54, 1.807) is 0 Å². The Morgan fingerprint density at radius 3 is 1.03 bits per heavy atom. The summed E-state index contributed by atoms with van der Waals surface area (Å²) in [6, 6.07) is 2.98. The summed E-state index contributed by atoms with van der Waals surface area (Å²) in [7, 11) is 0. The third-order valence-electron chi connectivity index (χ3n) is 13.8. The molecule has 0 amide bonds. The lowest BCUT2D eigenvalue weighted by molar-refractivity contribution is -0.0274. The summed E-state index contributed by atoms with van der Waals surface area (Å²) < 4.78 is 0. The monoisotopic (exact) mass is 527 g/mol. The molecule has 0 aliphatic heterocycles. The lowest BCUT2D eigenvalue weighted by Gasteiger charge is -2.53. The largest absolute Gasteiger partial charge is 0.328 e. The third kappa shape index (κ3) is 6.53. The predicted octanol–water partition coefficient (Wildman–Crippen LogP) is 9.89. The van der Waals surface area contributed by atoms with Crippen LogP contribution in [0.5, 0.6) is 0 Å². The van der Waals surface area contributed by atoms with Crippen LogP contribution in [0.25, 0.3) is 0 Å². The molecule has 5 saturated carbocycles. The van der Waals surface area contributed by atoms with Gasteiger partial charge in [-0.15, -0.1) is 0 Å². The van der Waals surface area contributed by atoms with Crippen LogP contribution in [0.1, 0.15) is 169 Å². The molecule has 38 heavy (non-hydrogen) atoms. The van der Waals surface area contributed by atoms with E-state index in [0.29, 0.717) is 16.9 Å². The van der Waals surface area contributed by atoms with Gasteiger partial charge in [-0.25, -0.2) is 0 Å². The third-order valence-corrected chi connectivity index (χ3v) is 13.8. The van der Waals surface area contributed by atoms with Crippen LogP contribution in [0.4, 0.5) is 0 Å². The molecule has 0 atom stereocenters. The minimum Gasteiger partial charge on any atom is -0.328 e. The van der Waals surface area contributed by atoms with E-state index in [-0.39, 0.29) is 0 Å². The van der Waals surface area contributed by atoms with Gasteiger partial charge in [0.25, 0.3) is 0 Å². The normalized spacial score (nSPS) is 37.4. The Balaban J connectivity index is 1.22. The van der Waals surface area contributed by atoms with Gasteiger partial charge in [-0.2, -0.15) is 0 Å². The maximum absolute atomic E-state index is 6.41. The Bertz CT molecular complexity index is 641. The second-order valence-electron chi connectivity index (χ2n) is 16.3. The standard InChI is InChI=1S/C36H66N2/c1-35(2,27-11-7-5-8-12-27)29-15-21-32(22-16-29)38(34-25-19-31(37)20-26-34)33-23-17-30(18-24-33)36(3,4)28-13-9-6-10-14-28/h27-34H,5-26,37H2,1-4H3. The SMILES string of the molecule is CC(C)(C1CCCCC1)C1CCC(N(C2CCC(N)CC2)C2CCC(C(C)(C)C3CCCCC3)CC2)CC1. The second kappa shape index (κ2) is 12.8. The quantitative estimate of drug-likeness (QED) is 0.357. The summed E-state index contributed by atoms with van der Waals surface area (Å²) in [5.74, 6) is 3.87. The van der Waals surface area contributed by atoms with Crippen molar-refractivity contribution in [2.24, 2.45) is 40.2 Å².